The van der Waals surface area contributed by atoms with E-state index in [1.54, 1.807) is 32.6 Å². The number of imide groups is 1. The van der Waals surface area contributed by atoms with Crippen molar-refractivity contribution in [3.8, 4) is 0 Å². The van der Waals surface area contributed by atoms with Gasteiger partial charge >= 0.3 is 12.2 Å². The number of piperazine rings is 1. The van der Waals surface area contributed by atoms with Gasteiger partial charge in [-0.1, -0.05) is 67.6 Å². The van der Waals surface area contributed by atoms with Gasteiger partial charge in [-0.3, -0.25) is 9.69 Å². The van der Waals surface area contributed by atoms with E-state index in [0.29, 0.717) is 31.1 Å². The molecule has 0 bridgehead atoms. The molecule has 2 aromatic rings. The maximum atomic E-state index is 13.4. The Kier molecular flexibility index (Phi) is 8.51. The van der Waals surface area contributed by atoms with E-state index in [-0.39, 0.29) is 18.4 Å². The number of amides is 3. The van der Waals surface area contributed by atoms with Gasteiger partial charge in [-0.05, 0) is 38.3 Å². The number of nitrogens with zero attached hydrogens (tertiary/aromatic N) is 3. The summed E-state index contributed by atoms with van der Waals surface area (Å²) in [5.41, 5.74) is 1.47. The molecule has 1 atom stereocenters. The first-order valence-corrected chi connectivity index (χ1v) is 12.0. The van der Waals surface area contributed by atoms with Crippen molar-refractivity contribution < 1.29 is 24.2 Å². The first kappa shape index (κ1) is 26.2. The quantitative estimate of drug-likeness (QED) is 0.648. The summed E-state index contributed by atoms with van der Waals surface area (Å²) < 4.78 is 5.26. The van der Waals surface area contributed by atoms with Gasteiger partial charge in [0.05, 0.1) is 6.04 Å². The smallest absolute Gasteiger partial charge is 0.420 e. The molecule has 3 amide bonds. The Labute approximate surface area is 207 Å². The van der Waals surface area contributed by atoms with E-state index in [4.69, 9.17) is 4.74 Å². The topological polar surface area (TPSA) is 90.4 Å². The number of carbonyl (C=O) groups is 3. The van der Waals surface area contributed by atoms with E-state index in [1.165, 1.54) is 11.1 Å². The van der Waals surface area contributed by atoms with Crippen molar-refractivity contribution in [1.29, 1.82) is 0 Å². The van der Waals surface area contributed by atoms with Crippen LogP contribution >= 0.6 is 0 Å². The predicted octanol–water partition coefficient (Wildman–Crippen LogP) is 4.61. The summed E-state index contributed by atoms with van der Waals surface area (Å²) in [4.78, 5) is 42.4. The zero-order chi connectivity index (χ0) is 25.6. The number of hydrogen-bond donors (Lipinski definition) is 1. The van der Waals surface area contributed by atoms with Crippen LogP contribution in [-0.4, -0.2) is 75.7 Å². The third-order valence-corrected chi connectivity index (χ3v) is 6.00. The Morgan fingerprint density at radius 3 is 1.80 bits per heavy atom. The minimum absolute atomic E-state index is 0.0499. The van der Waals surface area contributed by atoms with Crippen molar-refractivity contribution in [1.82, 2.24) is 14.7 Å². The molecule has 0 radical (unpaired) electrons. The standard InChI is InChI=1S/C27H35N3O5/c1-5-22(30(25(32)33)26(34)35-27(2,3)4)24(31)29-18-16-28(17-19-29)23(20-12-8-6-9-13-20)21-14-10-7-11-15-21/h6-15,22-23H,5,16-19H2,1-4H3,(H,32,33)/t22-/m0/s1. The third-order valence-electron chi connectivity index (χ3n) is 6.00. The molecule has 8 nitrogen and oxygen atoms in total. The van der Waals surface area contributed by atoms with Crippen LogP contribution in [0.2, 0.25) is 0 Å². The maximum Gasteiger partial charge on any atom is 0.420 e. The third kappa shape index (κ3) is 6.60. The van der Waals surface area contributed by atoms with Crippen LogP contribution in [-0.2, 0) is 9.53 Å². The molecule has 2 aromatic carbocycles. The first-order chi connectivity index (χ1) is 16.6. The van der Waals surface area contributed by atoms with Gasteiger partial charge in [0.2, 0.25) is 5.91 Å². The van der Waals surface area contributed by atoms with Crippen molar-refractivity contribution in [2.24, 2.45) is 0 Å². The highest BCUT2D eigenvalue weighted by Gasteiger charge is 2.39. The molecule has 1 aliphatic rings. The van der Waals surface area contributed by atoms with E-state index >= 15 is 0 Å². The van der Waals surface area contributed by atoms with E-state index < -0.39 is 23.8 Å². The Bertz CT molecular complexity index is 959. The average molecular weight is 482 g/mol. The molecule has 0 aromatic heterocycles. The molecular weight excluding hydrogens is 446 g/mol. The highest BCUT2D eigenvalue weighted by Crippen LogP contribution is 2.29. The van der Waals surface area contributed by atoms with Gasteiger partial charge in [-0.25, -0.2) is 9.59 Å². The van der Waals surface area contributed by atoms with Crippen molar-refractivity contribution in [3.63, 3.8) is 0 Å². The van der Waals surface area contributed by atoms with Gasteiger partial charge in [0.15, 0.2) is 0 Å². The second kappa shape index (κ2) is 11.4. The summed E-state index contributed by atoms with van der Waals surface area (Å²) in [5, 5.41) is 9.70. The summed E-state index contributed by atoms with van der Waals surface area (Å²) >= 11 is 0. The molecule has 3 rings (SSSR count). The number of rotatable bonds is 6. The van der Waals surface area contributed by atoms with Gasteiger partial charge in [0.25, 0.3) is 0 Å². The van der Waals surface area contributed by atoms with E-state index in [2.05, 4.69) is 29.2 Å². The van der Waals surface area contributed by atoms with Gasteiger partial charge in [-0.2, -0.15) is 4.90 Å². The first-order valence-electron chi connectivity index (χ1n) is 12.0. The van der Waals surface area contributed by atoms with Crippen LogP contribution < -0.4 is 0 Å². The summed E-state index contributed by atoms with van der Waals surface area (Å²) in [6, 6.07) is 19.4. The lowest BCUT2D eigenvalue weighted by atomic mass is 9.96. The van der Waals surface area contributed by atoms with E-state index in [0.717, 1.165) is 0 Å². The Balaban J connectivity index is 1.75. The van der Waals surface area contributed by atoms with Crippen LogP contribution in [0.1, 0.15) is 51.3 Å². The van der Waals surface area contributed by atoms with Crippen LogP contribution in [0.5, 0.6) is 0 Å². The molecule has 0 aliphatic carbocycles. The fourth-order valence-electron chi connectivity index (χ4n) is 4.41. The predicted molar refractivity (Wildman–Crippen MR) is 133 cm³/mol. The molecule has 8 heteroatoms. The summed E-state index contributed by atoms with van der Waals surface area (Å²) in [6.45, 7) is 8.78. The average Bonchev–Trinajstić information content (AvgIpc) is 2.82. The summed E-state index contributed by atoms with van der Waals surface area (Å²) in [5.74, 6) is -0.378. The van der Waals surface area contributed by atoms with Gasteiger partial charge in [0.1, 0.15) is 11.6 Å². The minimum atomic E-state index is -1.49. The van der Waals surface area contributed by atoms with Gasteiger partial charge in [-0.15, -0.1) is 0 Å². The van der Waals surface area contributed by atoms with Crippen molar-refractivity contribution in [2.45, 2.75) is 51.8 Å². The molecule has 1 saturated heterocycles. The Hall–Kier alpha value is -3.39. The molecule has 1 fully saturated rings. The molecule has 1 aliphatic heterocycles. The molecule has 1 N–H and O–H groups in total. The minimum Gasteiger partial charge on any atom is -0.464 e. The molecule has 188 valence electrons. The van der Waals surface area contributed by atoms with E-state index in [9.17, 15) is 19.5 Å². The highest BCUT2D eigenvalue weighted by molar-refractivity contribution is 5.95. The van der Waals surface area contributed by atoms with Crippen molar-refractivity contribution in [3.05, 3.63) is 71.8 Å². The zero-order valence-corrected chi connectivity index (χ0v) is 20.9. The lowest BCUT2D eigenvalue weighted by Gasteiger charge is -2.41. The Morgan fingerprint density at radius 1 is 0.914 bits per heavy atom. The maximum absolute atomic E-state index is 13.4. The lowest BCUT2D eigenvalue weighted by molar-refractivity contribution is -0.138. The SMILES string of the molecule is CC[C@@H](C(=O)N1CCN(C(c2ccccc2)c2ccccc2)CC1)N(C(=O)O)C(=O)OC(C)(C)C. The normalized spacial score (nSPS) is 15.5. The summed E-state index contributed by atoms with van der Waals surface area (Å²) in [7, 11) is 0. The number of hydrogen-bond acceptors (Lipinski definition) is 5. The number of ether oxygens (including phenoxy) is 1. The van der Waals surface area contributed by atoms with Crippen LogP contribution in [0.25, 0.3) is 0 Å². The number of carboxylic acid groups (broad SMARTS) is 1. The highest BCUT2D eigenvalue weighted by atomic mass is 16.6. The molecule has 0 unspecified atom stereocenters. The monoisotopic (exact) mass is 481 g/mol. The van der Waals surface area contributed by atoms with Crippen LogP contribution in [0, 0.1) is 0 Å². The van der Waals surface area contributed by atoms with Crippen LogP contribution in [0.4, 0.5) is 9.59 Å². The molecular formula is C27H35N3O5. The van der Waals surface area contributed by atoms with Crippen molar-refractivity contribution in [2.75, 3.05) is 26.2 Å². The van der Waals surface area contributed by atoms with Crippen molar-refractivity contribution >= 4 is 18.1 Å². The van der Waals surface area contributed by atoms with Crippen LogP contribution in [0.15, 0.2) is 60.7 Å². The molecule has 0 spiro atoms. The van der Waals surface area contributed by atoms with Gasteiger partial charge < -0.3 is 14.7 Å². The van der Waals surface area contributed by atoms with Crippen LogP contribution in [0.3, 0.4) is 0 Å². The molecule has 1 heterocycles. The lowest BCUT2D eigenvalue weighted by Crippen LogP contribution is -2.57. The number of carbonyl (C=O) groups excluding carboxylic acids is 2. The number of benzene rings is 2. The second-order valence-electron chi connectivity index (χ2n) is 9.64. The zero-order valence-electron chi connectivity index (χ0n) is 20.9. The van der Waals surface area contributed by atoms with E-state index in [1.807, 2.05) is 36.4 Å². The summed E-state index contributed by atoms with van der Waals surface area (Å²) in [6.07, 6.45) is -2.36. The molecule has 0 saturated carbocycles. The Morgan fingerprint density at radius 2 is 1.40 bits per heavy atom. The van der Waals surface area contributed by atoms with Gasteiger partial charge in [0, 0.05) is 26.2 Å². The largest absolute Gasteiger partial charge is 0.464 e. The second-order valence-corrected chi connectivity index (χ2v) is 9.64. The molecule has 35 heavy (non-hydrogen) atoms. The fourth-order valence-corrected chi connectivity index (χ4v) is 4.41. The fraction of sp³-hybridized carbons (Fsp3) is 0.444.